The van der Waals surface area contributed by atoms with Crippen molar-refractivity contribution in [1.29, 1.82) is 0 Å². The zero-order valence-electron chi connectivity index (χ0n) is 21.4. The number of aromatic nitrogens is 1. The van der Waals surface area contributed by atoms with Gasteiger partial charge in [-0.05, 0) is 36.3 Å². The van der Waals surface area contributed by atoms with Crippen molar-refractivity contribution in [2.45, 2.75) is 24.8 Å². The number of thioether (sulfide) groups is 1. The Morgan fingerprint density at radius 2 is 1.79 bits per heavy atom. The standard InChI is InChI=1S/C25H26N4O6S4/c1-4-17(13-24-28(15-22(30)26-38(2,32)33)18-9-5-7-11-20(18)36-24)14-25-29(16-23(31)27-39(3,34)35)19-10-6-8-12-21(19)37-25/h5-14H,4,15-16H2,1-3H3,(H-,26,27,30,31,32,33)/p+1. The summed E-state index contributed by atoms with van der Waals surface area (Å²) in [7, 11) is -7.28. The molecular weight excluding hydrogens is 581 g/mol. The lowest BCUT2D eigenvalue weighted by Crippen LogP contribution is -2.45. The van der Waals surface area contributed by atoms with Gasteiger partial charge >= 0.3 is 0 Å². The number of rotatable bonds is 8. The molecule has 0 saturated heterocycles. The van der Waals surface area contributed by atoms with E-state index in [4.69, 9.17) is 0 Å². The Hall–Kier alpha value is -3.04. The second-order valence-corrected chi connectivity index (χ2v) is 14.3. The first-order valence-electron chi connectivity index (χ1n) is 11.7. The summed E-state index contributed by atoms with van der Waals surface area (Å²) in [4.78, 5) is 27.7. The summed E-state index contributed by atoms with van der Waals surface area (Å²) in [5, 5.41) is 1.49. The van der Waals surface area contributed by atoms with Crippen LogP contribution in [0.25, 0.3) is 16.3 Å². The third-order valence-corrected chi connectivity index (χ3v) is 8.83. The number of para-hydroxylation sites is 2. The van der Waals surface area contributed by atoms with Crippen LogP contribution in [0.15, 0.2) is 74.5 Å². The number of carbonyl (C=O) groups is 2. The normalized spacial score (nSPS) is 16.3. The number of carbonyl (C=O) groups excluding carboxylic acids is 2. The Kier molecular flexibility index (Phi) is 8.61. The van der Waals surface area contributed by atoms with Crippen molar-refractivity contribution in [2.75, 3.05) is 24.0 Å². The SMILES string of the molecule is CCC(=Cc1sc2ccccc2[n+]1CC(=O)NS(C)(=O)=O)C=C1Sc2ccccc2N1CC(=O)N=S(C)(=O)O. The van der Waals surface area contributed by atoms with E-state index < -0.39 is 31.8 Å². The maximum Gasteiger partial charge on any atom is 0.299 e. The molecule has 10 nitrogen and oxygen atoms in total. The van der Waals surface area contributed by atoms with Crippen molar-refractivity contribution >= 4 is 76.9 Å². The number of nitrogens with zero attached hydrogens (tertiary/aromatic N) is 3. The van der Waals surface area contributed by atoms with Crippen LogP contribution in [-0.2, 0) is 36.2 Å². The summed E-state index contributed by atoms with van der Waals surface area (Å²) >= 11 is 2.94. The van der Waals surface area contributed by atoms with Gasteiger partial charge in [0.25, 0.3) is 16.8 Å². The minimum Gasteiger partial charge on any atom is -0.325 e. The average Bonchev–Trinajstić information content (AvgIpc) is 3.34. The number of allylic oxidation sites excluding steroid dienone is 2. The molecule has 1 unspecified atom stereocenters. The van der Waals surface area contributed by atoms with Crippen molar-refractivity contribution in [3.8, 4) is 0 Å². The van der Waals surface area contributed by atoms with Crippen LogP contribution >= 0.6 is 23.1 Å². The predicted molar refractivity (Wildman–Crippen MR) is 155 cm³/mol. The third-order valence-electron chi connectivity index (χ3n) is 5.46. The summed E-state index contributed by atoms with van der Waals surface area (Å²) in [5.74, 6) is -1.36. The summed E-state index contributed by atoms with van der Waals surface area (Å²) in [6, 6.07) is 15.1. The molecule has 206 valence electrons. The van der Waals surface area contributed by atoms with Crippen LogP contribution in [0.4, 0.5) is 5.69 Å². The third kappa shape index (κ3) is 7.54. The number of anilines is 1. The van der Waals surface area contributed by atoms with E-state index in [0.717, 1.165) is 48.9 Å². The fourth-order valence-corrected chi connectivity index (χ4v) is 7.14. The van der Waals surface area contributed by atoms with E-state index in [-0.39, 0.29) is 13.1 Å². The Bertz CT molecular complexity index is 1740. The molecular formula is C25H27N4O6S4+. The van der Waals surface area contributed by atoms with Crippen LogP contribution in [0, 0.1) is 0 Å². The molecule has 2 aromatic carbocycles. The number of amides is 2. The Balaban J connectivity index is 1.74. The average molecular weight is 608 g/mol. The van der Waals surface area contributed by atoms with E-state index in [2.05, 4.69) is 4.36 Å². The molecule has 39 heavy (non-hydrogen) atoms. The highest BCUT2D eigenvalue weighted by molar-refractivity contribution is 8.03. The summed E-state index contributed by atoms with van der Waals surface area (Å²) in [6.45, 7) is 1.59. The van der Waals surface area contributed by atoms with Gasteiger partial charge < -0.3 is 9.45 Å². The Morgan fingerprint density at radius 3 is 2.49 bits per heavy atom. The molecule has 0 aliphatic carbocycles. The number of nitrogens with one attached hydrogen (secondary N) is 1. The highest BCUT2D eigenvalue weighted by atomic mass is 32.2. The van der Waals surface area contributed by atoms with E-state index in [1.54, 1.807) is 9.47 Å². The van der Waals surface area contributed by atoms with E-state index in [9.17, 15) is 26.8 Å². The van der Waals surface area contributed by atoms with E-state index in [0.29, 0.717) is 6.42 Å². The summed E-state index contributed by atoms with van der Waals surface area (Å²) in [6.07, 6.45) is 6.42. The topological polar surface area (TPSA) is 137 Å². The van der Waals surface area contributed by atoms with Crippen molar-refractivity contribution < 1.29 is 31.3 Å². The van der Waals surface area contributed by atoms with Gasteiger partial charge in [0.2, 0.25) is 22.1 Å². The summed E-state index contributed by atoms with van der Waals surface area (Å²) in [5.41, 5.74) is 2.48. The van der Waals surface area contributed by atoms with Crippen LogP contribution in [0.5, 0.6) is 0 Å². The zero-order valence-corrected chi connectivity index (χ0v) is 24.6. The molecule has 0 fully saturated rings. The second-order valence-electron chi connectivity index (χ2n) is 8.75. The molecule has 0 spiro atoms. The van der Waals surface area contributed by atoms with Gasteiger partial charge in [0.1, 0.15) is 11.2 Å². The van der Waals surface area contributed by atoms with E-state index in [1.165, 1.54) is 23.1 Å². The van der Waals surface area contributed by atoms with Gasteiger partial charge in [-0.25, -0.2) is 17.3 Å². The highest BCUT2D eigenvalue weighted by Gasteiger charge is 2.28. The monoisotopic (exact) mass is 607 g/mol. The van der Waals surface area contributed by atoms with Gasteiger partial charge in [-0.2, -0.15) is 4.57 Å². The van der Waals surface area contributed by atoms with Crippen LogP contribution in [0.2, 0.25) is 0 Å². The van der Waals surface area contributed by atoms with Gasteiger partial charge in [-0.1, -0.05) is 54.3 Å². The molecule has 14 heteroatoms. The lowest BCUT2D eigenvalue weighted by molar-refractivity contribution is -0.655. The fourth-order valence-electron chi connectivity index (χ4n) is 3.95. The fraction of sp³-hybridized carbons (Fsp3) is 0.240. The number of thiazole rings is 1. The lowest BCUT2D eigenvalue weighted by atomic mass is 10.2. The highest BCUT2D eigenvalue weighted by Crippen LogP contribution is 2.46. The molecule has 0 bridgehead atoms. The number of benzene rings is 2. The Morgan fingerprint density at radius 1 is 1.10 bits per heavy atom. The Labute approximate surface area is 235 Å². The molecule has 4 rings (SSSR count). The number of sulfonamides is 1. The zero-order chi connectivity index (χ0) is 28.4. The molecule has 3 aromatic rings. The maximum atomic E-state index is 12.5. The van der Waals surface area contributed by atoms with Crippen LogP contribution in [-0.4, -0.2) is 48.1 Å². The summed E-state index contributed by atoms with van der Waals surface area (Å²) < 4.78 is 52.5. The number of hydrogen-bond donors (Lipinski definition) is 2. The van der Waals surface area contributed by atoms with Crippen molar-refractivity contribution in [2.24, 2.45) is 4.36 Å². The van der Waals surface area contributed by atoms with Crippen LogP contribution in [0.3, 0.4) is 0 Å². The molecule has 1 aliphatic rings. The first-order chi connectivity index (χ1) is 18.3. The quantitative estimate of drug-likeness (QED) is 0.371. The minimum absolute atomic E-state index is 0.184. The van der Waals surface area contributed by atoms with Gasteiger partial charge in [0.15, 0.2) is 10.0 Å². The number of hydrogen-bond acceptors (Lipinski definition) is 8. The van der Waals surface area contributed by atoms with E-state index in [1.807, 2.05) is 72.3 Å². The maximum absolute atomic E-state index is 12.5. The second kappa shape index (κ2) is 11.6. The van der Waals surface area contributed by atoms with E-state index >= 15 is 0 Å². The van der Waals surface area contributed by atoms with Crippen molar-refractivity contribution in [3.05, 3.63) is 70.2 Å². The van der Waals surface area contributed by atoms with Crippen LogP contribution in [0.1, 0.15) is 18.4 Å². The largest absolute Gasteiger partial charge is 0.325 e. The molecule has 2 amide bonds. The molecule has 1 aliphatic heterocycles. The van der Waals surface area contributed by atoms with Gasteiger partial charge in [0.05, 0.1) is 17.0 Å². The first-order valence-corrected chi connectivity index (χ1v) is 17.1. The molecule has 0 radical (unpaired) electrons. The molecule has 1 atom stereocenters. The van der Waals surface area contributed by atoms with Crippen molar-refractivity contribution in [3.63, 3.8) is 0 Å². The molecule has 0 saturated carbocycles. The van der Waals surface area contributed by atoms with Gasteiger partial charge in [-0.15, -0.1) is 4.36 Å². The van der Waals surface area contributed by atoms with Crippen molar-refractivity contribution in [1.82, 2.24) is 4.72 Å². The van der Waals surface area contributed by atoms with Crippen LogP contribution < -0.4 is 14.2 Å². The molecule has 1 aromatic heterocycles. The smallest absolute Gasteiger partial charge is 0.299 e. The first kappa shape index (κ1) is 29.0. The van der Waals surface area contributed by atoms with Gasteiger partial charge in [0, 0.05) is 23.3 Å². The van der Waals surface area contributed by atoms with Gasteiger partial charge in [-0.3, -0.25) is 9.59 Å². The molecule has 2 heterocycles. The predicted octanol–water partition coefficient (Wildman–Crippen LogP) is 3.61. The minimum atomic E-state index is -3.70. The number of fused-ring (bicyclic) bond motifs is 2. The lowest BCUT2D eigenvalue weighted by Gasteiger charge is -2.18. The molecule has 2 N–H and O–H groups in total.